The Morgan fingerprint density at radius 2 is 1.67 bits per heavy atom. The molecule has 1 atom stereocenters. The number of hydrogen-bond acceptors (Lipinski definition) is 2. The van der Waals surface area contributed by atoms with Crippen molar-refractivity contribution in [2.45, 2.75) is 50.7 Å². The minimum absolute atomic E-state index is 0.203. The largest absolute Gasteiger partial charge is 0.416 e. The van der Waals surface area contributed by atoms with Gasteiger partial charge in [-0.1, -0.05) is 36.6 Å². The van der Waals surface area contributed by atoms with E-state index in [1.54, 1.807) is 0 Å². The fraction of sp³-hybridized carbons (Fsp3) is 0.500. The molecular weight excluding hydrogens is 277 g/mol. The van der Waals surface area contributed by atoms with Crippen molar-refractivity contribution >= 4 is 0 Å². The molecule has 1 aliphatic rings. The highest BCUT2D eigenvalue weighted by molar-refractivity contribution is 5.32. The van der Waals surface area contributed by atoms with Gasteiger partial charge >= 0.3 is 6.18 Å². The van der Waals surface area contributed by atoms with Gasteiger partial charge in [-0.05, 0) is 43.4 Å². The SMILES string of the molecule is NNC(/C1=C/CCCCCC1)c1ccc(C(F)(F)F)cc1. The predicted molar refractivity (Wildman–Crippen MR) is 77.3 cm³/mol. The van der Waals surface area contributed by atoms with Crippen molar-refractivity contribution in [2.24, 2.45) is 5.84 Å². The molecule has 0 aromatic heterocycles. The van der Waals surface area contributed by atoms with Crippen molar-refractivity contribution in [1.29, 1.82) is 0 Å². The maximum atomic E-state index is 12.6. The van der Waals surface area contributed by atoms with Crippen LogP contribution in [-0.4, -0.2) is 0 Å². The number of alkyl halides is 3. The first-order chi connectivity index (χ1) is 10.0. The van der Waals surface area contributed by atoms with Gasteiger partial charge in [-0.25, -0.2) is 5.43 Å². The number of halogens is 3. The molecule has 0 heterocycles. The smallest absolute Gasteiger partial charge is 0.271 e. The first kappa shape index (κ1) is 16.0. The summed E-state index contributed by atoms with van der Waals surface area (Å²) in [6.07, 6.45) is 4.53. The normalized spacial score (nSPS) is 21.0. The highest BCUT2D eigenvalue weighted by atomic mass is 19.4. The Hall–Kier alpha value is -1.33. The van der Waals surface area contributed by atoms with Crippen LogP contribution in [0.3, 0.4) is 0 Å². The summed E-state index contributed by atoms with van der Waals surface area (Å²) in [5.41, 5.74) is 4.07. The van der Waals surface area contributed by atoms with Crippen LogP contribution < -0.4 is 11.3 Å². The molecule has 0 amide bonds. The lowest BCUT2D eigenvalue weighted by atomic mass is 9.91. The second-order valence-corrected chi connectivity index (χ2v) is 5.45. The van der Waals surface area contributed by atoms with Gasteiger partial charge in [0.05, 0.1) is 11.6 Å². The van der Waals surface area contributed by atoms with Gasteiger partial charge in [-0.2, -0.15) is 13.2 Å². The summed E-state index contributed by atoms with van der Waals surface area (Å²) in [4.78, 5) is 0. The van der Waals surface area contributed by atoms with Crippen LogP contribution in [0.15, 0.2) is 35.9 Å². The number of hydrazine groups is 1. The molecule has 0 bridgehead atoms. The maximum absolute atomic E-state index is 12.6. The highest BCUT2D eigenvalue weighted by Gasteiger charge is 2.30. The lowest BCUT2D eigenvalue weighted by Gasteiger charge is -2.22. The topological polar surface area (TPSA) is 38.0 Å². The molecule has 1 aromatic rings. The van der Waals surface area contributed by atoms with Crippen molar-refractivity contribution < 1.29 is 13.2 Å². The summed E-state index contributed by atoms with van der Waals surface area (Å²) in [6, 6.07) is 5.04. The Morgan fingerprint density at radius 3 is 2.29 bits per heavy atom. The van der Waals surface area contributed by atoms with E-state index in [2.05, 4.69) is 11.5 Å². The number of nitrogens with two attached hydrogens (primary N) is 1. The van der Waals surface area contributed by atoms with Crippen LogP contribution in [0.5, 0.6) is 0 Å². The number of rotatable bonds is 3. The van der Waals surface area contributed by atoms with E-state index >= 15 is 0 Å². The first-order valence-corrected chi connectivity index (χ1v) is 7.34. The van der Waals surface area contributed by atoms with Gasteiger partial charge < -0.3 is 0 Å². The van der Waals surface area contributed by atoms with Gasteiger partial charge in [0, 0.05) is 0 Å². The molecule has 0 aliphatic heterocycles. The molecule has 2 nitrogen and oxygen atoms in total. The van der Waals surface area contributed by atoms with Crippen LogP contribution in [0.1, 0.15) is 55.7 Å². The number of hydrogen-bond donors (Lipinski definition) is 2. The molecule has 0 saturated heterocycles. The van der Waals surface area contributed by atoms with E-state index in [9.17, 15) is 13.2 Å². The zero-order chi connectivity index (χ0) is 15.3. The summed E-state index contributed by atoms with van der Waals surface area (Å²) in [5, 5.41) is 0. The molecule has 0 fully saturated rings. The molecule has 2 rings (SSSR count). The summed E-state index contributed by atoms with van der Waals surface area (Å²) < 4.78 is 37.8. The van der Waals surface area contributed by atoms with Crippen molar-refractivity contribution in [1.82, 2.24) is 5.43 Å². The van der Waals surface area contributed by atoms with Crippen LogP contribution in [0.25, 0.3) is 0 Å². The first-order valence-electron chi connectivity index (χ1n) is 7.34. The van der Waals surface area contributed by atoms with Gasteiger partial charge in [-0.3, -0.25) is 5.84 Å². The minimum Gasteiger partial charge on any atom is -0.271 e. The fourth-order valence-corrected chi connectivity index (χ4v) is 2.76. The minimum atomic E-state index is -4.30. The standard InChI is InChI=1S/C16H21F3N2/c17-16(18,19)14-10-8-13(9-11-14)15(21-20)12-6-4-2-1-3-5-7-12/h6,8-11,15,21H,1-5,7,20H2/b12-6+. The van der Waals surface area contributed by atoms with E-state index in [0.29, 0.717) is 0 Å². The van der Waals surface area contributed by atoms with Gasteiger partial charge in [-0.15, -0.1) is 0 Å². The predicted octanol–water partition coefficient (Wildman–Crippen LogP) is 4.49. The average molecular weight is 298 g/mol. The fourth-order valence-electron chi connectivity index (χ4n) is 2.76. The second-order valence-electron chi connectivity index (χ2n) is 5.45. The van der Waals surface area contributed by atoms with Crippen LogP contribution >= 0.6 is 0 Å². The molecule has 0 saturated carbocycles. The van der Waals surface area contributed by atoms with Crippen LogP contribution in [-0.2, 0) is 6.18 Å². The van der Waals surface area contributed by atoms with E-state index in [4.69, 9.17) is 5.84 Å². The van der Waals surface area contributed by atoms with E-state index in [1.165, 1.54) is 30.5 Å². The zero-order valence-corrected chi connectivity index (χ0v) is 11.9. The van der Waals surface area contributed by atoms with Crippen molar-refractivity contribution in [3.05, 3.63) is 47.0 Å². The second kappa shape index (κ2) is 7.09. The highest BCUT2D eigenvalue weighted by Crippen LogP contribution is 2.32. The van der Waals surface area contributed by atoms with E-state index in [0.717, 1.165) is 43.4 Å². The lowest BCUT2D eigenvalue weighted by molar-refractivity contribution is -0.137. The third kappa shape index (κ3) is 4.32. The third-order valence-corrected chi connectivity index (χ3v) is 3.93. The van der Waals surface area contributed by atoms with Crippen LogP contribution in [0.4, 0.5) is 13.2 Å². The van der Waals surface area contributed by atoms with Crippen LogP contribution in [0, 0.1) is 0 Å². The summed E-state index contributed by atoms with van der Waals surface area (Å²) in [5.74, 6) is 5.64. The Labute approximate surface area is 123 Å². The molecule has 1 unspecified atom stereocenters. The van der Waals surface area contributed by atoms with Gasteiger partial charge in [0.2, 0.25) is 0 Å². The Bertz CT molecular complexity index is 477. The Kier molecular flexibility index (Phi) is 5.42. The van der Waals surface area contributed by atoms with E-state index in [1.807, 2.05) is 0 Å². The van der Waals surface area contributed by atoms with Crippen LogP contribution in [0.2, 0.25) is 0 Å². The van der Waals surface area contributed by atoms with Gasteiger partial charge in [0.25, 0.3) is 0 Å². The quantitative estimate of drug-likeness (QED) is 0.490. The summed E-state index contributed by atoms with van der Waals surface area (Å²) >= 11 is 0. The Morgan fingerprint density at radius 1 is 1.00 bits per heavy atom. The molecule has 1 aliphatic carbocycles. The van der Waals surface area contributed by atoms with Gasteiger partial charge in [0.15, 0.2) is 0 Å². The number of allylic oxidation sites excluding steroid dienone is 1. The molecular formula is C16H21F3N2. The van der Waals surface area contributed by atoms with Crippen molar-refractivity contribution in [2.75, 3.05) is 0 Å². The van der Waals surface area contributed by atoms with E-state index < -0.39 is 11.7 Å². The number of nitrogens with one attached hydrogen (secondary N) is 1. The molecule has 3 N–H and O–H groups in total. The third-order valence-electron chi connectivity index (χ3n) is 3.93. The summed E-state index contributed by atoms with van der Waals surface area (Å²) in [6.45, 7) is 0. The monoisotopic (exact) mass is 298 g/mol. The molecule has 1 aromatic carbocycles. The van der Waals surface area contributed by atoms with E-state index in [-0.39, 0.29) is 6.04 Å². The molecule has 0 spiro atoms. The molecule has 5 heteroatoms. The average Bonchev–Trinajstić information content (AvgIpc) is 2.41. The Balaban J connectivity index is 2.20. The zero-order valence-electron chi connectivity index (χ0n) is 11.9. The molecule has 116 valence electrons. The summed E-state index contributed by atoms with van der Waals surface area (Å²) in [7, 11) is 0. The van der Waals surface area contributed by atoms with Crippen molar-refractivity contribution in [3.63, 3.8) is 0 Å². The maximum Gasteiger partial charge on any atom is 0.416 e. The molecule has 21 heavy (non-hydrogen) atoms. The molecule has 0 radical (unpaired) electrons. The number of benzene rings is 1. The van der Waals surface area contributed by atoms with Gasteiger partial charge in [0.1, 0.15) is 0 Å². The lowest BCUT2D eigenvalue weighted by Crippen LogP contribution is -2.29. The van der Waals surface area contributed by atoms with Crippen molar-refractivity contribution in [3.8, 4) is 0 Å².